The van der Waals surface area contributed by atoms with Crippen molar-refractivity contribution in [3.8, 4) is 0 Å². The van der Waals surface area contributed by atoms with Gasteiger partial charge in [-0.3, -0.25) is 4.79 Å². The molecule has 1 fully saturated rings. The van der Waals surface area contributed by atoms with Crippen LogP contribution in [0.3, 0.4) is 0 Å². The Morgan fingerprint density at radius 1 is 1.61 bits per heavy atom. The van der Waals surface area contributed by atoms with E-state index in [1.807, 2.05) is 11.4 Å². The molecule has 2 rings (SSSR count). The highest BCUT2D eigenvalue weighted by Gasteiger charge is 2.15. The molecule has 1 aromatic heterocycles. The summed E-state index contributed by atoms with van der Waals surface area (Å²) in [4.78, 5) is 18.0. The van der Waals surface area contributed by atoms with Gasteiger partial charge in [0.05, 0.1) is 0 Å². The number of halogens is 1. The van der Waals surface area contributed by atoms with Crippen molar-refractivity contribution >= 4 is 33.2 Å². The van der Waals surface area contributed by atoms with Crippen molar-refractivity contribution in [1.82, 2.24) is 5.48 Å². The summed E-state index contributed by atoms with van der Waals surface area (Å²) in [6.45, 7) is 0.712. The number of aryl methyl sites for hydroxylation is 1. The number of carbonyl (C=O) groups is 1. The van der Waals surface area contributed by atoms with E-state index in [-0.39, 0.29) is 12.2 Å². The van der Waals surface area contributed by atoms with E-state index in [0.29, 0.717) is 13.0 Å². The number of carbonyl (C=O) groups excluding carboxylic acids is 1. The second-order valence-corrected chi connectivity index (χ2v) is 6.08. The van der Waals surface area contributed by atoms with Crippen molar-refractivity contribution in [2.45, 2.75) is 38.4 Å². The van der Waals surface area contributed by atoms with Gasteiger partial charge in [-0.2, -0.15) is 0 Å². The van der Waals surface area contributed by atoms with Gasteiger partial charge in [-0.05, 0) is 41.3 Å². The average Bonchev–Trinajstić information content (AvgIpc) is 2.81. The van der Waals surface area contributed by atoms with Gasteiger partial charge in [0, 0.05) is 34.2 Å². The molecule has 1 aliphatic rings. The molecular formula is C12H16BrNO3S. The minimum absolute atomic E-state index is 0.103. The molecule has 1 atom stereocenters. The number of nitrogens with one attached hydrogen (secondary N) is 1. The number of amides is 1. The Morgan fingerprint density at radius 3 is 3.17 bits per heavy atom. The van der Waals surface area contributed by atoms with Gasteiger partial charge in [-0.1, -0.05) is 0 Å². The lowest BCUT2D eigenvalue weighted by Gasteiger charge is -2.22. The van der Waals surface area contributed by atoms with Crippen molar-refractivity contribution in [3.05, 3.63) is 20.8 Å². The standard InChI is InChI=1S/C12H16BrNO3S/c13-9-7-10(18-8-9)4-5-11(15)14-17-12-3-1-2-6-16-12/h7-8,12H,1-6H2,(H,14,15)/t12-/m1/s1. The molecule has 0 aromatic carbocycles. The van der Waals surface area contributed by atoms with Crippen LogP contribution < -0.4 is 5.48 Å². The highest BCUT2D eigenvalue weighted by Crippen LogP contribution is 2.20. The summed E-state index contributed by atoms with van der Waals surface area (Å²) < 4.78 is 6.42. The van der Waals surface area contributed by atoms with Gasteiger partial charge in [-0.25, -0.2) is 10.3 Å². The van der Waals surface area contributed by atoms with Crippen molar-refractivity contribution in [2.24, 2.45) is 0 Å². The molecule has 1 aromatic rings. The summed E-state index contributed by atoms with van der Waals surface area (Å²) >= 11 is 5.04. The van der Waals surface area contributed by atoms with E-state index >= 15 is 0 Å². The van der Waals surface area contributed by atoms with E-state index in [0.717, 1.165) is 30.2 Å². The molecule has 1 N–H and O–H groups in total. The van der Waals surface area contributed by atoms with Gasteiger partial charge in [0.1, 0.15) is 0 Å². The summed E-state index contributed by atoms with van der Waals surface area (Å²) in [6, 6.07) is 2.03. The van der Waals surface area contributed by atoms with Crippen molar-refractivity contribution < 1.29 is 14.4 Å². The molecule has 1 aliphatic heterocycles. The lowest BCUT2D eigenvalue weighted by Crippen LogP contribution is -2.33. The lowest BCUT2D eigenvalue weighted by atomic mass is 10.2. The number of thiophene rings is 1. The summed E-state index contributed by atoms with van der Waals surface area (Å²) in [5.41, 5.74) is 2.46. The Labute approximate surface area is 119 Å². The number of rotatable bonds is 5. The number of hydrogen-bond acceptors (Lipinski definition) is 4. The molecule has 6 heteroatoms. The van der Waals surface area contributed by atoms with E-state index in [1.54, 1.807) is 11.3 Å². The number of ether oxygens (including phenoxy) is 1. The minimum Gasteiger partial charge on any atom is -0.350 e. The first kappa shape index (κ1) is 14.0. The van der Waals surface area contributed by atoms with E-state index in [4.69, 9.17) is 9.57 Å². The second kappa shape index (κ2) is 7.23. The lowest BCUT2D eigenvalue weighted by molar-refractivity contribution is -0.200. The van der Waals surface area contributed by atoms with Crippen LogP contribution in [0.15, 0.2) is 15.9 Å². The van der Waals surface area contributed by atoms with Crippen LogP contribution in [-0.2, 0) is 20.8 Å². The largest absolute Gasteiger partial charge is 0.350 e. The molecule has 1 amide bonds. The smallest absolute Gasteiger partial charge is 0.243 e. The summed E-state index contributed by atoms with van der Waals surface area (Å²) in [5, 5.41) is 2.01. The molecule has 18 heavy (non-hydrogen) atoms. The Hall–Kier alpha value is -0.430. The van der Waals surface area contributed by atoms with E-state index in [2.05, 4.69) is 21.4 Å². The maximum absolute atomic E-state index is 11.6. The zero-order chi connectivity index (χ0) is 12.8. The Bertz CT molecular complexity index is 390. The third-order valence-corrected chi connectivity index (χ3v) is 4.42. The monoisotopic (exact) mass is 333 g/mol. The van der Waals surface area contributed by atoms with Crippen molar-refractivity contribution in [2.75, 3.05) is 6.61 Å². The first-order valence-corrected chi connectivity index (χ1v) is 7.70. The van der Waals surface area contributed by atoms with Crippen molar-refractivity contribution in [1.29, 1.82) is 0 Å². The molecule has 0 unspecified atom stereocenters. The van der Waals surface area contributed by atoms with Crippen LogP contribution in [0.2, 0.25) is 0 Å². The van der Waals surface area contributed by atoms with Crippen molar-refractivity contribution in [3.63, 3.8) is 0 Å². The van der Waals surface area contributed by atoms with E-state index in [1.165, 1.54) is 4.88 Å². The zero-order valence-electron chi connectivity index (χ0n) is 9.99. The number of hydrogen-bond donors (Lipinski definition) is 1. The maximum Gasteiger partial charge on any atom is 0.243 e. The van der Waals surface area contributed by atoms with Crippen LogP contribution in [0.5, 0.6) is 0 Å². The molecule has 100 valence electrons. The van der Waals surface area contributed by atoms with Gasteiger partial charge in [0.25, 0.3) is 0 Å². The highest BCUT2D eigenvalue weighted by molar-refractivity contribution is 9.10. The van der Waals surface area contributed by atoms with Crippen LogP contribution in [0, 0.1) is 0 Å². The summed E-state index contributed by atoms with van der Waals surface area (Å²) in [6.07, 6.45) is 3.89. The van der Waals surface area contributed by atoms with Crippen LogP contribution in [0.25, 0.3) is 0 Å². The predicted molar refractivity (Wildman–Crippen MR) is 73.2 cm³/mol. The maximum atomic E-state index is 11.6. The average molecular weight is 334 g/mol. The molecule has 0 bridgehead atoms. The summed E-state index contributed by atoms with van der Waals surface area (Å²) in [5.74, 6) is -0.103. The van der Waals surface area contributed by atoms with E-state index in [9.17, 15) is 4.79 Å². The Morgan fingerprint density at radius 2 is 2.50 bits per heavy atom. The molecular weight excluding hydrogens is 318 g/mol. The van der Waals surface area contributed by atoms with Gasteiger partial charge in [0.2, 0.25) is 5.91 Å². The minimum atomic E-state index is -0.279. The van der Waals surface area contributed by atoms with Gasteiger partial charge >= 0.3 is 0 Å². The highest BCUT2D eigenvalue weighted by atomic mass is 79.9. The second-order valence-electron chi connectivity index (χ2n) is 4.17. The molecule has 0 radical (unpaired) electrons. The van der Waals surface area contributed by atoms with Crippen LogP contribution in [-0.4, -0.2) is 18.8 Å². The molecule has 4 nitrogen and oxygen atoms in total. The van der Waals surface area contributed by atoms with Crippen LogP contribution in [0.1, 0.15) is 30.6 Å². The molecule has 1 saturated heterocycles. The molecule has 2 heterocycles. The SMILES string of the molecule is O=C(CCc1cc(Br)cs1)NO[C@@H]1CCCCO1. The Kier molecular flexibility index (Phi) is 5.62. The first-order chi connectivity index (χ1) is 8.74. The van der Waals surface area contributed by atoms with Crippen LogP contribution in [0.4, 0.5) is 0 Å². The third kappa shape index (κ3) is 4.68. The zero-order valence-corrected chi connectivity index (χ0v) is 12.4. The quantitative estimate of drug-likeness (QED) is 0.842. The van der Waals surface area contributed by atoms with Gasteiger partial charge < -0.3 is 4.74 Å². The van der Waals surface area contributed by atoms with Gasteiger partial charge in [-0.15, -0.1) is 11.3 Å². The fourth-order valence-corrected chi connectivity index (χ4v) is 3.16. The summed E-state index contributed by atoms with van der Waals surface area (Å²) in [7, 11) is 0. The number of hydroxylamine groups is 1. The molecule has 0 saturated carbocycles. The Balaban J connectivity index is 1.62. The van der Waals surface area contributed by atoms with E-state index < -0.39 is 0 Å². The third-order valence-electron chi connectivity index (χ3n) is 2.66. The normalized spacial score (nSPS) is 19.7. The fourth-order valence-electron chi connectivity index (χ4n) is 1.71. The fraction of sp³-hybridized carbons (Fsp3) is 0.583. The first-order valence-electron chi connectivity index (χ1n) is 6.03. The topological polar surface area (TPSA) is 47.6 Å². The predicted octanol–water partition coefficient (Wildman–Crippen LogP) is 3.02. The van der Waals surface area contributed by atoms with Gasteiger partial charge in [0.15, 0.2) is 6.29 Å². The van der Waals surface area contributed by atoms with Crippen LogP contribution >= 0.6 is 27.3 Å². The molecule has 0 aliphatic carbocycles. The molecule has 0 spiro atoms.